The summed E-state index contributed by atoms with van der Waals surface area (Å²) in [5.41, 5.74) is 0.0294. The first kappa shape index (κ1) is 15.0. The van der Waals surface area contributed by atoms with Crippen LogP contribution < -0.4 is 5.32 Å². The third kappa shape index (κ3) is 5.87. The van der Waals surface area contributed by atoms with Gasteiger partial charge in [0, 0.05) is 13.2 Å². The number of rotatable bonds is 7. The highest BCUT2D eigenvalue weighted by molar-refractivity contribution is 4.77. The van der Waals surface area contributed by atoms with Gasteiger partial charge in [-0.3, -0.25) is 0 Å². The molecule has 1 atom stereocenters. The van der Waals surface area contributed by atoms with Crippen molar-refractivity contribution >= 4 is 0 Å². The molecule has 0 amide bonds. The molecular weight excluding hydrogens is 210 g/mol. The minimum Gasteiger partial charge on any atom is -0.379 e. The molecule has 0 bridgehead atoms. The topological polar surface area (TPSA) is 21.3 Å². The maximum Gasteiger partial charge on any atom is 0.0623 e. The van der Waals surface area contributed by atoms with Gasteiger partial charge in [0.1, 0.15) is 0 Å². The summed E-state index contributed by atoms with van der Waals surface area (Å²) in [5.74, 6) is 0.965. The average Bonchev–Trinajstić information content (AvgIpc) is 2.35. The van der Waals surface area contributed by atoms with Gasteiger partial charge in [0.2, 0.25) is 0 Å². The Hall–Kier alpha value is -0.0800. The Morgan fingerprint density at radius 3 is 2.41 bits per heavy atom. The van der Waals surface area contributed by atoms with Crippen molar-refractivity contribution in [2.45, 2.75) is 76.9 Å². The molecule has 17 heavy (non-hydrogen) atoms. The first-order valence-electron chi connectivity index (χ1n) is 7.30. The van der Waals surface area contributed by atoms with Crippen molar-refractivity contribution in [1.82, 2.24) is 5.32 Å². The summed E-state index contributed by atoms with van der Waals surface area (Å²) in [6, 6.07) is 0.674. The van der Waals surface area contributed by atoms with Gasteiger partial charge in [-0.1, -0.05) is 32.1 Å². The zero-order valence-electron chi connectivity index (χ0n) is 12.2. The Balaban J connectivity index is 2.27. The van der Waals surface area contributed by atoms with Gasteiger partial charge in [-0.2, -0.15) is 0 Å². The molecule has 0 aromatic rings. The summed E-state index contributed by atoms with van der Waals surface area (Å²) in [6.07, 6.45) is 11.0. The lowest BCUT2D eigenvalue weighted by atomic mass is 9.83. The highest BCUT2D eigenvalue weighted by Crippen LogP contribution is 2.29. The van der Waals surface area contributed by atoms with Crippen molar-refractivity contribution < 1.29 is 4.74 Å². The molecular formula is C15H31NO. The Morgan fingerprint density at radius 2 is 1.88 bits per heavy atom. The zero-order chi connectivity index (χ0) is 12.7. The van der Waals surface area contributed by atoms with Crippen LogP contribution in [0.4, 0.5) is 0 Å². The van der Waals surface area contributed by atoms with Crippen molar-refractivity contribution in [2.75, 3.05) is 14.2 Å². The molecule has 1 aliphatic carbocycles. The summed E-state index contributed by atoms with van der Waals surface area (Å²) in [6.45, 7) is 4.36. The largest absolute Gasteiger partial charge is 0.379 e. The van der Waals surface area contributed by atoms with Gasteiger partial charge in [-0.25, -0.2) is 0 Å². The van der Waals surface area contributed by atoms with Crippen LogP contribution in [0.3, 0.4) is 0 Å². The van der Waals surface area contributed by atoms with Crippen molar-refractivity contribution in [3.63, 3.8) is 0 Å². The van der Waals surface area contributed by atoms with Crippen LogP contribution in [-0.2, 0) is 4.74 Å². The van der Waals surface area contributed by atoms with Crippen LogP contribution in [0, 0.1) is 5.92 Å². The van der Waals surface area contributed by atoms with Crippen LogP contribution in [0.2, 0.25) is 0 Å². The fourth-order valence-corrected chi connectivity index (χ4v) is 2.83. The van der Waals surface area contributed by atoms with Crippen molar-refractivity contribution in [3.8, 4) is 0 Å². The second kappa shape index (κ2) is 7.38. The Kier molecular flexibility index (Phi) is 6.50. The number of nitrogens with one attached hydrogen (secondary N) is 1. The van der Waals surface area contributed by atoms with Crippen molar-refractivity contribution in [2.24, 2.45) is 5.92 Å². The highest BCUT2D eigenvalue weighted by Gasteiger charge is 2.21. The minimum atomic E-state index is 0.0294. The molecule has 1 unspecified atom stereocenters. The molecule has 2 heteroatoms. The van der Waals surface area contributed by atoms with E-state index in [0.717, 1.165) is 12.3 Å². The number of methoxy groups -OCH3 is 1. The van der Waals surface area contributed by atoms with Crippen LogP contribution in [0.5, 0.6) is 0 Å². The predicted octanol–water partition coefficient (Wildman–Crippen LogP) is 3.75. The van der Waals surface area contributed by atoms with Crippen molar-refractivity contribution in [3.05, 3.63) is 0 Å². The normalized spacial score (nSPS) is 20.5. The molecule has 1 rings (SSSR count). The summed E-state index contributed by atoms with van der Waals surface area (Å²) >= 11 is 0. The molecule has 0 saturated heterocycles. The molecule has 1 saturated carbocycles. The van der Waals surface area contributed by atoms with E-state index in [1.165, 1.54) is 44.9 Å². The second-order valence-electron chi connectivity index (χ2n) is 6.23. The fraction of sp³-hybridized carbons (Fsp3) is 1.00. The van der Waals surface area contributed by atoms with Crippen LogP contribution in [0.1, 0.15) is 65.2 Å². The number of hydrogen-bond donors (Lipinski definition) is 1. The van der Waals surface area contributed by atoms with E-state index in [4.69, 9.17) is 4.74 Å². The summed E-state index contributed by atoms with van der Waals surface area (Å²) in [5, 5.41) is 3.49. The molecule has 0 heterocycles. The maximum absolute atomic E-state index is 5.49. The molecule has 0 aromatic heterocycles. The fourth-order valence-electron chi connectivity index (χ4n) is 2.83. The molecule has 2 nitrogen and oxygen atoms in total. The van der Waals surface area contributed by atoms with E-state index in [-0.39, 0.29) is 5.60 Å². The predicted molar refractivity (Wildman–Crippen MR) is 74.4 cm³/mol. The first-order valence-corrected chi connectivity index (χ1v) is 7.30. The molecule has 1 aliphatic rings. The second-order valence-corrected chi connectivity index (χ2v) is 6.23. The Bertz CT molecular complexity index is 197. The van der Waals surface area contributed by atoms with Gasteiger partial charge < -0.3 is 10.1 Å². The van der Waals surface area contributed by atoms with Gasteiger partial charge in [0.05, 0.1) is 5.60 Å². The quantitative estimate of drug-likeness (QED) is 0.733. The number of hydrogen-bond acceptors (Lipinski definition) is 2. The molecule has 1 fully saturated rings. The summed E-state index contributed by atoms with van der Waals surface area (Å²) in [4.78, 5) is 0. The molecule has 0 aliphatic heterocycles. The summed E-state index contributed by atoms with van der Waals surface area (Å²) in [7, 11) is 3.92. The van der Waals surface area contributed by atoms with E-state index in [1.807, 2.05) is 7.11 Å². The SMILES string of the molecule is CNC(CCC(C)(C)OC)CC1CCCCC1. The van der Waals surface area contributed by atoms with E-state index in [0.29, 0.717) is 6.04 Å². The van der Waals surface area contributed by atoms with Crippen LogP contribution >= 0.6 is 0 Å². The highest BCUT2D eigenvalue weighted by atomic mass is 16.5. The van der Waals surface area contributed by atoms with Crippen LogP contribution in [0.15, 0.2) is 0 Å². The monoisotopic (exact) mass is 241 g/mol. The Labute approximate surface area is 108 Å². The van der Waals surface area contributed by atoms with E-state index >= 15 is 0 Å². The van der Waals surface area contributed by atoms with E-state index in [9.17, 15) is 0 Å². The van der Waals surface area contributed by atoms with Crippen molar-refractivity contribution in [1.29, 1.82) is 0 Å². The molecule has 1 N–H and O–H groups in total. The lowest BCUT2D eigenvalue weighted by molar-refractivity contribution is 0.0112. The summed E-state index contributed by atoms with van der Waals surface area (Å²) < 4.78 is 5.49. The third-order valence-electron chi connectivity index (χ3n) is 4.40. The first-order chi connectivity index (χ1) is 8.07. The average molecular weight is 241 g/mol. The molecule has 0 radical (unpaired) electrons. The van der Waals surface area contributed by atoms with Gasteiger partial charge in [-0.15, -0.1) is 0 Å². The molecule has 102 valence electrons. The lowest BCUT2D eigenvalue weighted by Crippen LogP contribution is -2.32. The van der Waals surface area contributed by atoms with Gasteiger partial charge in [-0.05, 0) is 46.1 Å². The molecule has 0 aromatic carbocycles. The third-order valence-corrected chi connectivity index (χ3v) is 4.40. The van der Waals surface area contributed by atoms with Crippen LogP contribution in [0.25, 0.3) is 0 Å². The van der Waals surface area contributed by atoms with Gasteiger partial charge in [0.15, 0.2) is 0 Å². The smallest absolute Gasteiger partial charge is 0.0623 e. The zero-order valence-corrected chi connectivity index (χ0v) is 12.2. The molecule has 0 spiro atoms. The van der Waals surface area contributed by atoms with E-state index in [2.05, 4.69) is 26.2 Å². The van der Waals surface area contributed by atoms with Gasteiger partial charge >= 0.3 is 0 Å². The number of ether oxygens (including phenoxy) is 1. The van der Waals surface area contributed by atoms with Gasteiger partial charge in [0.25, 0.3) is 0 Å². The Morgan fingerprint density at radius 1 is 1.24 bits per heavy atom. The van der Waals surface area contributed by atoms with E-state index < -0.39 is 0 Å². The standard InChI is InChI=1S/C15H31NO/c1-15(2,17-4)11-10-14(16-3)12-13-8-6-5-7-9-13/h13-14,16H,5-12H2,1-4H3. The maximum atomic E-state index is 5.49. The van der Waals surface area contributed by atoms with E-state index in [1.54, 1.807) is 0 Å². The minimum absolute atomic E-state index is 0.0294. The lowest BCUT2D eigenvalue weighted by Gasteiger charge is -2.29. The van der Waals surface area contributed by atoms with Crippen LogP contribution in [-0.4, -0.2) is 25.8 Å².